The molecule has 0 saturated carbocycles. The number of benzene rings is 2. The van der Waals surface area contributed by atoms with E-state index in [1.54, 1.807) is 30.3 Å². The molecule has 1 aliphatic heterocycles. The maximum absolute atomic E-state index is 14.1. The van der Waals surface area contributed by atoms with Gasteiger partial charge in [0.1, 0.15) is 30.3 Å². The van der Waals surface area contributed by atoms with Gasteiger partial charge in [0.25, 0.3) is 10.1 Å². The lowest BCUT2D eigenvalue weighted by Gasteiger charge is -2.30. The van der Waals surface area contributed by atoms with Gasteiger partial charge in [0, 0.05) is 19.5 Å². The van der Waals surface area contributed by atoms with Crippen molar-refractivity contribution in [3.63, 3.8) is 0 Å². The summed E-state index contributed by atoms with van der Waals surface area (Å²) in [5.74, 6) is -3.31. The van der Waals surface area contributed by atoms with Crippen molar-refractivity contribution in [2.75, 3.05) is 45.7 Å². The average molecular weight is 816 g/mol. The first kappa shape index (κ1) is 47.2. The standard InChI is InChI=1S/C41H61N5O10S/c1-28(2)23-33(37(48)41(5,52)27-56-57(6,53)54)43-40(51)35(25-31-15-11-8-12-16-31)45-39(50)34(24-29(3)4)44-38(49)32(18-17-30-13-9-7-10-14-30)42-36(47)26-46-19-21-55-22-20-46/h7-16,28-29,32-35,52H,17-27H2,1-6H3,(H,42,47)(H,43,51)(H,44,49)(H,45,50)/t32-,33?,34?,35-,41+/m0/s1. The molecule has 0 spiro atoms. The van der Waals surface area contributed by atoms with E-state index in [-0.39, 0.29) is 50.0 Å². The Bertz CT molecular complexity index is 1720. The summed E-state index contributed by atoms with van der Waals surface area (Å²) >= 11 is 0. The van der Waals surface area contributed by atoms with Gasteiger partial charge in [-0.05, 0) is 55.6 Å². The van der Waals surface area contributed by atoms with E-state index in [4.69, 9.17) is 8.92 Å². The first-order valence-electron chi connectivity index (χ1n) is 19.5. The molecular weight excluding hydrogens is 755 g/mol. The number of carbonyl (C=O) groups is 5. The van der Waals surface area contributed by atoms with Crippen LogP contribution in [-0.4, -0.2) is 123 Å². The Morgan fingerprint density at radius 1 is 0.754 bits per heavy atom. The van der Waals surface area contributed by atoms with Crippen LogP contribution in [0.3, 0.4) is 0 Å². The minimum Gasteiger partial charge on any atom is -0.380 e. The van der Waals surface area contributed by atoms with Crippen LogP contribution in [0.5, 0.6) is 0 Å². The van der Waals surface area contributed by atoms with Crippen LogP contribution >= 0.6 is 0 Å². The molecule has 4 amide bonds. The average Bonchev–Trinajstić information content (AvgIpc) is 3.15. The fourth-order valence-corrected chi connectivity index (χ4v) is 6.82. The molecule has 1 aliphatic rings. The Morgan fingerprint density at radius 3 is 1.81 bits per heavy atom. The highest BCUT2D eigenvalue weighted by atomic mass is 32.2. The normalized spacial score (nSPS) is 16.8. The molecule has 5 atom stereocenters. The number of hydrogen-bond acceptors (Lipinski definition) is 11. The number of aryl methyl sites for hydroxylation is 1. The molecule has 0 radical (unpaired) electrons. The molecule has 3 rings (SSSR count). The van der Waals surface area contributed by atoms with Gasteiger partial charge in [-0.15, -0.1) is 0 Å². The summed E-state index contributed by atoms with van der Waals surface area (Å²) in [4.78, 5) is 71.0. The molecule has 57 heavy (non-hydrogen) atoms. The number of hydrogen-bond donors (Lipinski definition) is 5. The predicted octanol–water partition coefficient (Wildman–Crippen LogP) is 1.52. The third kappa shape index (κ3) is 17.4. The molecule has 0 bridgehead atoms. The van der Waals surface area contributed by atoms with Crippen LogP contribution in [0.2, 0.25) is 0 Å². The Labute approximate surface area is 337 Å². The molecule has 1 heterocycles. The minimum absolute atomic E-state index is 0.0221. The quantitative estimate of drug-likeness (QED) is 0.102. The molecule has 316 valence electrons. The molecule has 0 aliphatic carbocycles. The summed E-state index contributed by atoms with van der Waals surface area (Å²) in [5, 5.41) is 22.2. The summed E-state index contributed by atoms with van der Waals surface area (Å²) in [7, 11) is -3.99. The van der Waals surface area contributed by atoms with Gasteiger partial charge >= 0.3 is 0 Å². The number of ether oxygens (including phenoxy) is 1. The van der Waals surface area contributed by atoms with E-state index in [1.165, 1.54) is 0 Å². The van der Waals surface area contributed by atoms with Crippen molar-refractivity contribution < 1.29 is 46.4 Å². The zero-order valence-electron chi connectivity index (χ0n) is 34.0. The Balaban J connectivity index is 1.85. The van der Waals surface area contributed by atoms with Crippen LogP contribution < -0.4 is 21.3 Å². The molecule has 2 aromatic rings. The summed E-state index contributed by atoms with van der Waals surface area (Å²) in [5.41, 5.74) is -0.593. The second-order valence-electron chi connectivity index (χ2n) is 15.8. The van der Waals surface area contributed by atoms with Crippen LogP contribution in [0, 0.1) is 11.8 Å². The fraction of sp³-hybridized carbons (Fsp3) is 0.585. The van der Waals surface area contributed by atoms with Crippen molar-refractivity contribution in [3.8, 4) is 0 Å². The van der Waals surface area contributed by atoms with Gasteiger partial charge in [0.05, 0.1) is 32.1 Å². The number of nitrogens with one attached hydrogen (secondary N) is 4. The van der Waals surface area contributed by atoms with Crippen LogP contribution in [-0.2, 0) is 55.9 Å². The summed E-state index contributed by atoms with van der Waals surface area (Å²) in [6, 6.07) is 13.9. The van der Waals surface area contributed by atoms with Gasteiger partial charge in [-0.25, -0.2) is 0 Å². The minimum atomic E-state index is -3.99. The molecule has 1 fully saturated rings. The van der Waals surface area contributed by atoms with Crippen molar-refractivity contribution in [2.24, 2.45) is 11.8 Å². The molecular formula is C41H61N5O10S. The highest BCUT2D eigenvalue weighted by Gasteiger charge is 2.39. The zero-order chi connectivity index (χ0) is 42.2. The lowest BCUT2D eigenvalue weighted by Crippen LogP contribution is -2.60. The second-order valence-corrected chi connectivity index (χ2v) is 17.4. The van der Waals surface area contributed by atoms with E-state index >= 15 is 0 Å². The van der Waals surface area contributed by atoms with E-state index in [0.717, 1.165) is 18.7 Å². The van der Waals surface area contributed by atoms with E-state index in [1.807, 2.05) is 62.9 Å². The van der Waals surface area contributed by atoms with E-state index in [9.17, 15) is 37.5 Å². The van der Waals surface area contributed by atoms with Crippen molar-refractivity contribution in [1.29, 1.82) is 0 Å². The number of morpholine rings is 1. The maximum Gasteiger partial charge on any atom is 0.264 e. The number of nitrogens with zero attached hydrogens (tertiary/aromatic N) is 1. The topological polar surface area (TPSA) is 210 Å². The first-order valence-corrected chi connectivity index (χ1v) is 21.3. The monoisotopic (exact) mass is 815 g/mol. The zero-order valence-corrected chi connectivity index (χ0v) is 34.8. The molecule has 2 unspecified atom stereocenters. The predicted molar refractivity (Wildman–Crippen MR) is 215 cm³/mol. The van der Waals surface area contributed by atoms with E-state index in [0.29, 0.717) is 38.3 Å². The van der Waals surface area contributed by atoms with E-state index in [2.05, 4.69) is 21.3 Å². The highest BCUT2D eigenvalue weighted by Crippen LogP contribution is 2.17. The van der Waals surface area contributed by atoms with Gasteiger partial charge in [0.2, 0.25) is 23.6 Å². The van der Waals surface area contributed by atoms with Crippen LogP contribution in [0.4, 0.5) is 0 Å². The lowest BCUT2D eigenvalue weighted by molar-refractivity contribution is -0.143. The second kappa shape index (κ2) is 22.6. The molecule has 16 heteroatoms. The largest absolute Gasteiger partial charge is 0.380 e. The van der Waals surface area contributed by atoms with Crippen molar-refractivity contribution in [3.05, 3.63) is 71.8 Å². The number of rotatable bonds is 23. The smallest absolute Gasteiger partial charge is 0.264 e. The summed E-state index contributed by atoms with van der Waals surface area (Å²) < 4.78 is 33.4. The lowest BCUT2D eigenvalue weighted by atomic mass is 9.90. The third-order valence-corrected chi connectivity index (χ3v) is 9.91. The van der Waals surface area contributed by atoms with Gasteiger partial charge in [-0.1, -0.05) is 88.4 Å². The van der Waals surface area contributed by atoms with Crippen LogP contribution in [0.1, 0.15) is 65.0 Å². The fourth-order valence-electron chi connectivity index (χ4n) is 6.38. The number of carbonyl (C=O) groups excluding carboxylic acids is 5. The van der Waals surface area contributed by atoms with Gasteiger partial charge in [-0.2, -0.15) is 8.42 Å². The Hall–Kier alpha value is -4.22. The number of aliphatic hydroxyl groups is 1. The van der Waals surface area contributed by atoms with Crippen molar-refractivity contribution in [1.82, 2.24) is 26.2 Å². The number of Topliss-reactive ketones (excluding diaryl/α,β-unsaturated/α-hetero) is 1. The van der Waals surface area contributed by atoms with Crippen LogP contribution in [0.25, 0.3) is 0 Å². The van der Waals surface area contributed by atoms with Gasteiger partial charge in [0.15, 0.2) is 5.78 Å². The molecule has 0 aromatic heterocycles. The van der Waals surface area contributed by atoms with Crippen molar-refractivity contribution in [2.45, 2.75) is 96.5 Å². The number of amides is 4. The number of ketones is 1. The van der Waals surface area contributed by atoms with E-state index < -0.39 is 70.0 Å². The third-order valence-electron chi connectivity index (χ3n) is 9.37. The SMILES string of the molecule is CC(C)CC(NC(=O)[C@H](CCc1ccccc1)NC(=O)CN1CCOCC1)C(=O)N[C@@H](Cc1ccccc1)C(=O)NC(CC(C)C)C(=O)[C@](C)(O)COS(C)(=O)=O. The molecule has 1 saturated heterocycles. The highest BCUT2D eigenvalue weighted by molar-refractivity contribution is 7.86. The van der Waals surface area contributed by atoms with Gasteiger partial charge in [-0.3, -0.25) is 33.1 Å². The van der Waals surface area contributed by atoms with Crippen molar-refractivity contribution >= 4 is 39.5 Å². The van der Waals surface area contributed by atoms with Gasteiger partial charge < -0.3 is 31.1 Å². The first-order chi connectivity index (χ1) is 26.8. The van der Waals surface area contributed by atoms with Crippen LogP contribution in [0.15, 0.2) is 60.7 Å². The maximum atomic E-state index is 14.1. The Morgan fingerprint density at radius 2 is 1.25 bits per heavy atom. The molecule has 15 nitrogen and oxygen atoms in total. The summed E-state index contributed by atoms with van der Waals surface area (Å²) in [6.45, 7) is 9.95. The summed E-state index contributed by atoms with van der Waals surface area (Å²) in [6.07, 6.45) is 1.88. The Kier molecular flexibility index (Phi) is 18.7. The molecule has 5 N–H and O–H groups in total. The molecule has 2 aromatic carbocycles.